The van der Waals surface area contributed by atoms with Gasteiger partial charge in [0.2, 0.25) is 0 Å². The molecule has 1 fully saturated rings. The molecule has 0 unspecified atom stereocenters. The maximum atomic E-state index is 11.9. The van der Waals surface area contributed by atoms with E-state index in [1.54, 1.807) is 20.8 Å². The Morgan fingerprint density at radius 3 is 2.28 bits per heavy atom. The summed E-state index contributed by atoms with van der Waals surface area (Å²) in [6.45, 7) is 6.84. The molecular weight excluding hydrogens is 246 g/mol. The van der Waals surface area contributed by atoms with Crippen LogP contribution in [0.15, 0.2) is 0 Å². The van der Waals surface area contributed by atoms with Gasteiger partial charge in [0.15, 0.2) is 9.84 Å². The van der Waals surface area contributed by atoms with Gasteiger partial charge in [-0.15, -0.1) is 0 Å². The van der Waals surface area contributed by atoms with Crippen molar-refractivity contribution in [2.45, 2.75) is 64.0 Å². The predicted molar refractivity (Wildman–Crippen MR) is 77.6 cm³/mol. The van der Waals surface area contributed by atoms with Gasteiger partial charge < -0.3 is 5.32 Å². The van der Waals surface area contributed by atoms with Crippen molar-refractivity contribution in [1.82, 2.24) is 5.32 Å². The van der Waals surface area contributed by atoms with Crippen LogP contribution in [0.3, 0.4) is 0 Å². The molecule has 0 saturated heterocycles. The highest BCUT2D eigenvalue weighted by Gasteiger charge is 2.27. The van der Waals surface area contributed by atoms with Crippen molar-refractivity contribution < 1.29 is 8.42 Å². The Bertz CT molecular complexity index is 324. The maximum absolute atomic E-state index is 11.9. The molecule has 108 valence electrons. The molecule has 0 atom stereocenters. The minimum absolute atomic E-state index is 0.250. The van der Waals surface area contributed by atoms with E-state index < -0.39 is 14.6 Å². The first-order chi connectivity index (χ1) is 8.33. The van der Waals surface area contributed by atoms with Gasteiger partial charge in [-0.25, -0.2) is 8.42 Å². The largest absolute Gasteiger partial charge is 0.316 e. The van der Waals surface area contributed by atoms with Crippen molar-refractivity contribution in [2.24, 2.45) is 5.92 Å². The molecule has 18 heavy (non-hydrogen) atoms. The number of rotatable bonds is 7. The molecule has 0 aliphatic heterocycles. The molecule has 0 radical (unpaired) electrons. The molecule has 0 spiro atoms. The molecular formula is C14H29NO2S. The van der Waals surface area contributed by atoms with Crippen LogP contribution in [-0.2, 0) is 9.84 Å². The van der Waals surface area contributed by atoms with Crippen molar-refractivity contribution in [3.63, 3.8) is 0 Å². The van der Waals surface area contributed by atoms with Crippen molar-refractivity contribution in [3.05, 3.63) is 0 Å². The van der Waals surface area contributed by atoms with Gasteiger partial charge in [0.05, 0.1) is 10.5 Å². The summed E-state index contributed by atoms with van der Waals surface area (Å²) in [5.74, 6) is 1.19. The second-order valence-electron chi connectivity index (χ2n) is 6.47. The third kappa shape index (κ3) is 5.27. The summed E-state index contributed by atoms with van der Waals surface area (Å²) in [4.78, 5) is 0. The van der Waals surface area contributed by atoms with Crippen LogP contribution in [0.5, 0.6) is 0 Å². The molecule has 0 bridgehead atoms. The molecule has 0 aromatic carbocycles. The molecule has 1 rings (SSSR count). The Balaban J connectivity index is 2.05. The van der Waals surface area contributed by atoms with Crippen LogP contribution < -0.4 is 5.32 Å². The fraction of sp³-hybridized carbons (Fsp3) is 1.00. The van der Waals surface area contributed by atoms with E-state index in [1.807, 2.05) is 0 Å². The highest BCUT2D eigenvalue weighted by Crippen LogP contribution is 2.28. The minimum Gasteiger partial charge on any atom is -0.316 e. The lowest BCUT2D eigenvalue weighted by molar-refractivity contribution is 0.472. The highest BCUT2D eigenvalue weighted by atomic mass is 32.2. The van der Waals surface area contributed by atoms with Gasteiger partial charge in [0.25, 0.3) is 0 Å². The van der Waals surface area contributed by atoms with Gasteiger partial charge in [-0.2, -0.15) is 0 Å². The second kappa shape index (κ2) is 6.90. The van der Waals surface area contributed by atoms with E-state index in [2.05, 4.69) is 5.32 Å². The molecule has 1 saturated carbocycles. The first-order valence-electron chi connectivity index (χ1n) is 7.26. The van der Waals surface area contributed by atoms with Crippen LogP contribution in [0.1, 0.15) is 59.3 Å². The summed E-state index contributed by atoms with van der Waals surface area (Å²) in [5, 5.41) is 3.26. The molecule has 0 aromatic rings. The average molecular weight is 275 g/mol. The number of hydrogen-bond donors (Lipinski definition) is 1. The van der Waals surface area contributed by atoms with E-state index >= 15 is 0 Å². The Morgan fingerprint density at radius 1 is 1.11 bits per heavy atom. The van der Waals surface area contributed by atoms with Gasteiger partial charge in [0, 0.05) is 6.54 Å². The lowest BCUT2D eigenvalue weighted by Crippen LogP contribution is -2.34. The first kappa shape index (κ1) is 16.0. The lowest BCUT2D eigenvalue weighted by atomic mass is 10.0. The SMILES string of the molecule is CC(C)(C)S(=O)(=O)CCNCCCC1CCCC1. The fourth-order valence-corrected chi connectivity index (χ4v) is 3.48. The van der Waals surface area contributed by atoms with E-state index in [0.29, 0.717) is 6.54 Å². The Morgan fingerprint density at radius 2 is 1.72 bits per heavy atom. The topological polar surface area (TPSA) is 46.2 Å². The average Bonchev–Trinajstić information content (AvgIpc) is 2.74. The Labute approximate surface area is 113 Å². The normalized spacial score (nSPS) is 18.4. The van der Waals surface area contributed by atoms with Crippen molar-refractivity contribution >= 4 is 9.84 Å². The van der Waals surface area contributed by atoms with Gasteiger partial charge >= 0.3 is 0 Å². The quantitative estimate of drug-likeness (QED) is 0.727. The van der Waals surface area contributed by atoms with E-state index in [9.17, 15) is 8.42 Å². The summed E-state index contributed by atoms with van der Waals surface area (Å²) < 4.78 is 23.1. The van der Waals surface area contributed by atoms with Crippen LogP contribution in [0.2, 0.25) is 0 Å². The van der Waals surface area contributed by atoms with Crippen LogP contribution in [0.4, 0.5) is 0 Å². The summed E-state index contributed by atoms with van der Waals surface area (Å²) >= 11 is 0. The summed E-state index contributed by atoms with van der Waals surface area (Å²) in [6, 6.07) is 0. The van der Waals surface area contributed by atoms with Crippen LogP contribution in [0.25, 0.3) is 0 Å². The summed E-state index contributed by atoms with van der Waals surface area (Å²) in [7, 11) is -2.96. The number of nitrogens with one attached hydrogen (secondary N) is 1. The van der Waals surface area contributed by atoms with Crippen molar-refractivity contribution in [3.8, 4) is 0 Å². The second-order valence-corrected chi connectivity index (χ2v) is 9.34. The van der Waals surface area contributed by atoms with Gasteiger partial charge in [-0.3, -0.25) is 0 Å². The van der Waals surface area contributed by atoms with Crippen molar-refractivity contribution in [1.29, 1.82) is 0 Å². The molecule has 4 heteroatoms. The molecule has 0 aromatic heterocycles. The zero-order valence-corrected chi connectivity index (χ0v) is 13.0. The molecule has 1 aliphatic rings. The number of hydrogen-bond acceptors (Lipinski definition) is 3. The van der Waals surface area contributed by atoms with E-state index in [0.717, 1.165) is 12.5 Å². The van der Waals surface area contributed by atoms with Crippen LogP contribution in [-0.4, -0.2) is 32.0 Å². The molecule has 3 nitrogen and oxygen atoms in total. The van der Waals surface area contributed by atoms with E-state index in [4.69, 9.17) is 0 Å². The maximum Gasteiger partial charge on any atom is 0.156 e. The zero-order chi connectivity index (χ0) is 13.6. The summed E-state index contributed by atoms with van der Waals surface area (Å²) in [6.07, 6.45) is 8.10. The first-order valence-corrected chi connectivity index (χ1v) is 8.91. The zero-order valence-electron chi connectivity index (χ0n) is 12.2. The molecule has 1 N–H and O–H groups in total. The Hall–Kier alpha value is -0.0900. The highest BCUT2D eigenvalue weighted by molar-refractivity contribution is 7.92. The van der Waals surface area contributed by atoms with E-state index in [1.165, 1.54) is 38.5 Å². The van der Waals surface area contributed by atoms with Crippen LogP contribution in [0, 0.1) is 5.92 Å². The molecule has 0 heterocycles. The fourth-order valence-electron chi connectivity index (χ4n) is 2.45. The van der Waals surface area contributed by atoms with Gasteiger partial charge in [0.1, 0.15) is 0 Å². The number of sulfone groups is 1. The standard InChI is InChI=1S/C14H29NO2S/c1-14(2,3)18(16,17)12-11-15-10-6-9-13-7-4-5-8-13/h13,15H,4-12H2,1-3H3. The van der Waals surface area contributed by atoms with E-state index in [-0.39, 0.29) is 5.75 Å². The Kier molecular flexibility index (Phi) is 6.12. The van der Waals surface area contributed by atoms with Gasteiger partial charge in [-0.05, 0) is 46.1 Å². The van der Waals surface area contributed by atoms with Crippen LogP contribution >= 0.6 is 0 Å². The third-order valence-corrected chi connectivity index (χ3v) is 6.53. The lowest BCUT2D eigenvalue weighted by Gasteiger charge is -2.19. The molecule has 0 amide bonds. The summed E-state index contributed by atoms with van der Waals surface area (Å²) in [5.41, 5.74) is 0. The smallest absolute Gasteiger partial charge is 0.156 e. The van der Waals surface area contributed by atoms with Crippen molar-refractivity contribution in [2.75, 3.05) is 18.8 Å². The van der Waals surface area contributed by atoms with Gasteiger partial charge in [-0.1, -0.05) is 25.7 Å². The third-order valence-electron chi connectivity index (χ3n) is 3.92. The minimum atomic E-state index is -2.96. The molecule has 1 aliphatic carbocycles. The predicted octanol–water partition coefficient (Wildman–Crippen LogP) is 2.76. The monoisotopic (exact) mass is 275 g/mol.